The fourth-order valence-corrected chi connectivity index (χ4v) is 4.76. The number of aliphatic hydroxyl groups is 9. The van der Waals surface area contributed by atoms with Crippen LogP contribution in [0, 0.1) is 0 Å². The molecule has 40 heavy (non-hydrogen) atoms. The first-order valence-electron chi connectivity index (χ1n) is 12.6. The van der Waals surface area contributed by atoms with E-state index in [1.807, 2.05) is 0 Å². The minimum absolute atomic E-state index is 0.617. The van der Waals surface area contributed by atoms with Gasteiger partial charge in [0.1, 0.15) is 73.1 Å². The summed E-state index contributed by atoms with van der Waals surface area (Å²) in [6, 6.07) is -2.83. The maximum absolute atomic E-state index is 11.8. The van der Waals surface area contributed by atoms with Gasteiger partial charge in [-0.05, 0) is 0 Å². The average Bonchev–Trinajstić information content (AvgIpc) is 2.90. The molecule has 0 radical (unpaired) electrons. The monoisotopic (exact) mass is 586 g/mol. The fourth-order valence-electron chi connectivity index (χ4n) is 4.76. The zero-order valence-electron chi connectivity index (χ0n) is 21.7. The van der Waals surface area contributed by atoms with E-state index in [9.17, 15) is 55.5 Å². The molecule has 3 heterocycles. The molecule has 0 spiro atoms. The first kappa shape index (κ1) is 32.9. The van der Waals surface area contributed by atoms with E-state index in [0.717, 1.165) is 13.8 Å². The van der Waals surface area contributed by atoms with E-state index in [-0.39, 0.29) is 0 Å². The minimum Gasteiger partial charge on any atom is -0.394 e. The van der Waals surface area contributed by atoms with Gasteiger partial charge in [0.15, 0.2) is 18.9 Å². The van der Waals surface area contributed by atoms with Crippen LogP contribution in [0.25, 0.3) is 0 Å². The lowest BCUT2D eigenvalue weighted by Gasteiger charge is -2.47. The highest BCUT2D eigenvalue weighted by Gasteiger charge is 2.52. The summed E-state index contributed by atoms with van der Waals surface area (Å²) < 4.78 is 27.4. The van der Waals surface area contributed by atoms with Gasteiger partial charge in [-0.1, -0.05) is 0 Å². The summed E-state index contributed by atoms with van der Waals surface area (Å²) in [5, 5.41) is 96.3. The minimum atomic E-state index is -1.76. The number of carbonyl (C=O) groups is 2. The quantitative estimate of drug-likeness (QED) is 0.120. The molecular formula is C22H38N2O16. The van der Waals surface area contributed by atoms with Crippen LogP contribution in [-0.4, -0.2) is 170 Å². The van der Waals surface area contributed by atoms with Crippen LogP contribution < -0.4 is 10.6 Å². The van der Waals surface area contributed by atoms with Gasteiger partial charge >= 0.3 is 0 Å². The van der Waals surface area contributed by atoms with E-state index in [1.54, 1.807) is 0 Å². The summed E-state index contributed by atoms with van der Waals surface area (Å²) in [6.45, 7) is 0.142. The molecule has 232 valence electrons. The van der Waals surface area contributed by atoms with Crippen LogP contribution in [0.4, 0.5) is 0 Å². The van der Waals surface area contributed by atoms with E-state index in [2.05, 4.69) is 10.6 Å². The topological polar surface area (TPSA) is 286 Å². The van der Waals surface area contributed by atoms with Crippen LogP contribution in [0.1, 0.15) is 13.8 Å². The van der Waals surface area contributed by atoms with Gasteiger partial charge in [-0.2, -0.15) is 0 Å². The zero-order chi connectivity index (χ0) is 29.9. The maximum Gasteiger partial charge on any atom is 0.217 e. The summed E-state index contributed by atoms with van der Waals surface area (Å²) in [5.74, 6) is -1.28. The van der Waals surface area contributed by atoms with Crippen molar-refractivity contribution in [3.8, 4) is 0 Å². The van der Waals surface area contributed by atoms with Crippen LogP contribution in [0.5, 0.6) is 0 Å². The highest BCUT2D eigenvalue weighted by Crippen LogP contribution is 2.30. The van der Waals surface area contributed by atoms with Gasteiger partial charge in [-0.15, -0.1) is 0 Å². The molecule has 3 fully saturated rings. The summed E-state index contributed by atoms with van der Waals surface area (Å²) in [6.07, 6.45) is -20.8. The van der Waals surface area contributed by atoms with Crippen molar-refractivity contribution in [2.45, 2.75) is 106 Å². The van der Waals surface area contributed by atoms with E-state index in [4.69, 9.17) is 23.7 Å². The van der Waals surface area contributed by atoms with Crippen LogP contribution in [-0.2, 0) is 33.3 Å². The molecule has 18 nitrogen and oxygen atoms in total. The summed E-state index contributed by atoms with van der Waals surface area (Å²) in [4.78, 5) is 23.4. The Morgan fingerprint density at radius 3 is 1.77 bits per heavy atom. The Morgan fingerprint density at radius 1 is 0.650 bits per heavy atom. The Morgan fingerprint density at radius 2 is 1.20 bits per heavy atom. The van der Waals surface area contributed by atoms with Gasteiger partial charge in [-0.3, -0.25) is 9.59 Å². The number of hydrogen-bond donors (Lipinski definition) is 11. The second kappa shape index (κ2) is 14.0. The molecule has 0 bridgehead atoms. The first-order chi connectivity index (χ1) is 18.8. The van der Waals surface area contributed by atoms with E-state index < -0.39 is 124 Å². The molecule has 0 saturated carbocycles. The largest absolute Gasteiger partial charge is 0.394 e. The Balaban J connectivity index is 1.79. The first-order valence-corrected chi connectivity index (χ1v) is 12.6. The standard InChI is InChI=1S/C22H38N2O16/c1-6(27)23-11-16(32)19(9(4-26)37-20(11)35)40-21-12(24-7(2)28)15(31)14(30)10(39-21)5-36-22-18(34)17(33)13(29)8(3-25)38-22/h8-22,25-26,29-35H,3-5H2,1-2H3,(H,23,27)(H,24,28)/t8-,9-,10-,11-,12-,13-,14-,15-,16-,17+,18+,19-,20-,21+,22-/m1/s1. The second-order valence-electron chi connectivity index (χ2n) is 9.85. The van der Waals surface area contributed by atoms with Gasteiger partial charge < -0.3 is 80.3 Å². The Kier molecular flexibility index (Phi) is 11.5. The lowest BCUT2D eigenvalue weighted by atomic mass is 9.94. The van der Waals surface area contributed by atoms with Gasteiger partial charge in [0.25, 0.3) is 0 Å². The van der Waals surface area contributed by atoms with Crippen molar-refractivity contribution >= 4 is 11.8 Å². The Bertz CT molecular complexity index is 852. The Hall–Kier alpha value is -1.62. The summed E-state index contributed by atoms with van der Waals surface area (Å²) in [7, 11) is 0. The lowest BCUT2D eigenvalue weighted by molar-refractivity contribution is -0.340. The molecular weight excluding hydrogens is 548 g/mol. The molecule has 0 aliphatic carbocycles. The number of aliphatic hydroxyl groups excluding tert-OH is 9. The molecule has 3 aliphatic rings. The third-order valence-electron chi connectivity index (χ3n) is 6.88. The normalized spacial score (nSPS) is 46.0. The van der Waals surface area contributed by atoms with Crippen molar-refractivity contribution in [3.05, 3.63) is 0 Å². The van der Waals surface area contributed by atoms with Gasteiger partial charge in [-0.25, -0.2) is 0 Å². The predicted octanol–water partition coefficient (Wildman–Crippen LogP) is -7.29. The molecule has 3 aliphatic heterocycles. The zero-order valence-corrected chi connectivity index (χ0v) is 21.7. The molecule has 18 heteroatoms. The fraction of sp³-hybridized carbons (Fsp3) is 0.909. The van der Waals surface area contributed by atoms with Crippen molar-refractivity contribution in [2.24, 2.45) is 0 Å². The lowest BCUT2D eigenvalue weighted by Crippen LogP contribution is -2.69. The van der Waals surface area contributed by atoms with Gasteiger partial charge in [0.05, 0.1) is 19.8 Å². The smallest absolute Gasteiger partial charge is 0.217 e. The second-order valence-corrected chi connectivity index (χ2v) is 9.85. The molecule has 2 amide bonds. The SMILES string of the molecule is CC(=O)N[C@@H]1[C@@H](O)[C@H](O[C@@H]2O[C@H](CO[C@@H]3O[C@H](CO)[C@@H](O)[C@H](O)[C@@H]3O)[C@@H](O)[C@H](O)[C@H]2NC(C)=O)[C@@H](CO)O[C@H]1O. The number of amides is 2. The van der Waals surface area contributed by atoms with Crippen molar-refractivity contribution in [1.29, 1.82) is 0 Å². The Labute approximate surface area is 228 Å². The van der Waals surface area contributed by atoms with Crippen molar-refractivity contribution in [3.63, 3.8) is 0 Å². The van der Waals surface area contributed by atoms with Gasteiger partial charge in [0, 0.05) is 13.8 Å². The molecule has 3 rings (SSSR count). The van der Waals surface area contributed by atoms with Crippen LogP contribution >= 0.6 is 0 Å². The number of ether oxygens (including phenoxy) is 5. The van der Waals surface area contributed by atoms with Crippen LogP contribution in [0.15, 0.2) is 0 Å². The van der Waals surface area contributed by atoms with E-state index in [0.29, 0.717) is 0 Å². The van der Waals surface area contributed by atoms with Crippen LogP contribution in [0.3, 0.4) is 0 Å². The van der Waals surface area contributed by atoms with Crippen molar-refractivity contribution in [1.82, 2.24) is 10.6 Å². The van der Waals surface area contributed by atoms with Crippen LogP contribution in [0.2, 0.25) is 0 Å². The predicted molar refractivity (Wildman–Crippen MR) is 124 cm³/mol. The summed E-state index contributed by atoms with van der Waals surface area (Å²) >= 11 is 0. The van der Waals surface area contributed by atoms with Crippen molar-refractivity contribution < 1.29 is 79.2 Å². The van der Waals surface area contributed by atoms with Gasteiger partial charge in [0.2, 0.25) is 11.8 Å². The highest BCUT2D eigenvalue weighted by atomic mass is 16.7. The van der Waals surface area contributed by atoms with E-state index in [1.165, 1.54) is 0 Å². The molecule has 0 aromatic heterocycles. The summed E-state index contributed by atoms with van der Waals surface area (Å²) in [5.41, 5.74) is 0. The number of rotatable bonds is 9. The third-order valence-corrected chi connectivity index (χ3v) is 6.88. The molecule has 0 aromatic rings. The number of carbonyl (C=O) groups excluding carboxylic acids is 2. The highest BCUT2D eigenvalue weighted by molar-refractivity contribution is 5.73. The van der Waals surface area contributed by atoms with Crippen molar-refractivity contribution in [2.75, 3.05) is 19.8 Å². The molecule has 11 N–H and O–H groups in total. The third kappa shape index (κ3) is 7.23. The molecule has 0 aromatic carbocycles. The molecule has 15 atom stereocenters. The molecule has 3 saturated heterocycles. The number of nitrogens with one attached hydrogen (secondary N) is 2. The average molecular weight is 587 g/mol. The maximum atomic E-state index is 11.8. The van der Waals surface area contributed by atoms with E-state index >= 15 is 0 Å². The number of hydrogen-bond acceptors (Lipinski definition) is 16. The molecule has 0 unspecified atom stereocenters.